The van der Waals surface area contributed by atoms with Gasteiger partial charge in [0.15, 0.2) is 11.5 Å². The van der Waals surface area contributed by atoms with Crippen molar-refractivity contribution < 1.29 is 19.4 Å². The predicted octanol–water partition coefficient (Wildman–Crippen LogP) is 3.93. The zero-order valence-corrected chi connectivity index (χ0v) is 16.7. The highest BCUT2D eigenvalue weighted by atomic mass is 35.5. The Morgan fingerprint density at radius 3 is 2.73 bits per heavy atom. The van der Waals surface area contributed by atoms with Crippen molar-refractivity contribution in [3.63, 3.8) is 0 Å². The maximum absolute atomic E-state index is 12.3. The number of phenols is 1. The van der Waals surface area contributed by atoms with Gasteiger partial charge in [-0.2, -0.15) is 5.10 Å². The highest BCUT2D eigenvalue weighted by Crippen LogP contribution is 2.30. The number of amides is 1. The van der Waals surface area contributed by atoms with Crippen LogP contribution in [0, 0.1) is 0 Å². The van der Waals surface area contributed by atoms with Gasteiger partial charge in [-0.05, 0) is 47.9 Å². The number of halogens is 1. The van der Waals surface area contributed by atoms with E-state index in [1.165, 1.54) is 6.21 Å². The number of para-hydroxylation sites is 2. The molecule has 1 unspecified atom stereocenters. The van der Waals surface area contributed by atoms with E-state index in [4.69, 9.17) is 21.1 Å². The summed E-state index contributed by atoms with van der Waals surface area (Å²) in [6.45, 7) is 0.0942. The molecular formula is C23H19ClN2O4. The van der Waals surface area contributed by atoms with Crippen molar-refractivity contribution in [2.45, 2.75) is 12.5 Å². The third kappa shape index (κ3) is 4.55. The van der Waals surface area contributed by atoms with Crippen LogP contribution in [0.4, 0.5) is 0 Å². The molecule has 0 fully saturated rings. The number of phenolic OH excluding ortho intramolecular Hbond substituents is 1. The molecule has 0 saturated carbocycles. The Kier molecular flexibility index (Phi) is 5.86. The zero-order valence-electron chi connectivity index (χ0n) is 15.9. The summed E-state index contributed by atoms with van der Waals surface area (Å²) in [7, 11) is 0. The van der Waals surface area contributed by atoms with Gasteiger partial charge in [-0.3, -0.25) is 4.79 Å². The van der Waals surface area contributed by atoms with Crippen LogP contribution >= 0.6 is 11.6 Å². The summed E-state index contributed by atoms with van der Waals surface area (Å²) in [6, 6.07) is 19.9. The van der Waals surface area contributed by atoms with Crippen LogP contribution in [0.3, 0.4) is 0 Å². The van der Waals surface area contributed by atoms with Crippen molar-refractivity contribution >= 4 is 23.7 Å². The first-order valence-corrected chi connectivity index (χ1v) is 9.74. The van der Waals surface area contributed by atoms with Gasteiger partial charge in [0.2, 0.25) is 6.10 Å². The second-order valence-electron chi connectivity index (χ2n) is 6.76. The van der Waals surface area contributed by atoms with E-state index in [1.807, 2.05) is 36.4 Å². The molecule has 3 aromatic carbocycles. The minimum absolute atomic E-state index is 0.0575. The Balaban J connectivity index is 1.40. The number of hydrogen-bond donors (Lipinski definition) is 2. The number of fused-ring (bicyclic) bond motifs is 1. The fraction of sp³-hybridized carbons (Fsp3) is 0.130. The fourth-order valence-corrected chi connectivity index (χ4v) is 3.27. The summed E-state index contributed by atoms with van der Waals surface area (Å²) in [5.41, 5.74) is 4.84. The first-order valence-electron chi connectivity index (χ1n) is 9.37. The number of nitrogens with zero attached hydrogens (tertiary/aromatic N) is 1. The second-order valence-corrected chi connectivity index (χ2v) is 7.17. The Hall–Kier alpha value is -3.51. The largest absolute Gasteiger partial charge is 0.507 e. The van der Waals surface area contributed by atoms with Crippen LogP contribution in [-0.2, 0) is 11.2 Å². The molecule has 0 aromatic heterocycles. The van der Waals surface area contributed by atoms with Crippen molar-refractivity contribution in [1.82, 2.24) is 5.43 Å². The summed E-state index contributed by atoms with van der Waals surface area (Å²) in [6.07, 6.45) is 1.19. The lowest BCUT2D eigenvalue weighted by Crippen LogP contribution is -2.42. The first kappa shape index (κ1) is 19.8. The monoisotopic (exact) mass is 422 g/mol. The van der Waals surface area contributed by atoms with Crippen LogP contribution in [0.25, 0.3) is 0 Å². The number of carbonyl (C=O) groups is 1. The van der Waals surface area contributed by atoms with Gasteiger partial charge in [-0.25, -0.2) is 5.43 Å². The molecule has 4 rings (SSSR count). The smallest absolute Gasteiger partial charge is 0.284 e. The normalized spacial score (nSPS) is 15.2. The van der Waals surface area contributed by atoms with Crippen LogP contribution in [0.15, 0.2) is 71.8 Å². The Morgan fingerprint density at radius 2 is 1.90 bits per heavy atom. The molecule has 3 aromatic rings. The van der Waals surface area contributed by atoms with E-state index in [-0.39, 0.29) is 12.4 Å². The van der Waals surface area contributed by atoms with Crippen LogP contribution < -0.4 is 14.9 Å². The maximum Gasteiger partial charge on any atom is 0.284 e. The second kappa shape index (κ2) is 8.88. The molecular weight excluding hydrogens is 404 g/mol. The molecule has 1 heterocycles. The standard InChI is InChI=1S/C23H19ClN2O4/c24-18-6-2-1-5-16(18)11-15-9-10-19(27)17(12-15)13-25-26-23(28)22-14-29-20-7-3-4-8-21(20)30-22/h1-10,12-13,22,27H,11,14H2,(H,26,28)/b25-13-. The molecule has 1 amide bonds. The van der Waals surface area contributed by atoms with Gasteiger partial charge < -0.3 is 14.6 Å². The number of hydrazone groups is 1. The average Bonchev–Trinajstić information content (AvgIpc) is 2.77. The summed E-state index contributed by atoms with van der Waals surface area (Å²) < 4.78 is 11.2. The van der Waals surface area contributed by atoms with Crippen molar-refractivity contribution in [2.24, 2.45) is 5.10 Å². The lowest BCUT2D eigenvalue weighted by molar-refractivity contribution is -0.130. The number of aromatic hydroxyl groups is 1. The molecule has 1 atom stereocenters. The first-order chi connectivity index (χ1) is 14.6. The predicted molar refractivity (Wildman–Crippen MR) is 114 cm³/mol. The summed E-state index contributed by atoms with van der Waals surface area (Å²) in [4.78, 5) is 12.3. The zero-order chi connectivity index (χ0) is 20.9. The van der Waals surface area contributed by atoms with E-state index in [0.29, 0.717) is 28.5 Å². The van der Waals surface area contributed by atoms with Gasteiger partial charge in [0, 0.05) is 10.6 Å². The molecule has 7 heteroatoms. The van der Waals surface area contributed by atoms with Crippen molar-refractivity contribution in [3.8, 4) is 17.2 Å². The summed E-state index contributed by atoms with van der Waals surface area (Å²) >= 11 is 6.22. The highest BCUT2D eigenvalue weighted by molar-refractivity contribution is 6.31. The van der Waals surface area contributed by atoms with Gasteiger partial charge in [0.1, 0.15) is 12.4 Å². The van der Waals surface area contributed by atoms with E-state index >= 15 is 0 Å². The number of nitrogens with one attached hydrogen (secondary N) is 1. The lowest BCUT2D eigenvalue weighted by atomic mass is 10.0. The molecule has 0 saturated heterocycles. The molecule has 0 spiro atoms. The number of hydrogen-bond acceptors (Lipinski definition) is 5. The van der Waals surface area contributed by atoms with E-state index < -0.39 is 12.0 Å². The molecule has 0 radical (unpaired) electrons. The fourth-order valence-electron chi connectivity index (χ4n) is 3.07. The molecule has 2 N–H and O–H groups in total. The summed E-state index contributed by atoms with van der Waals surface area (Å²) in [5, 5.41) is 14.7. The molecule has 6 nitrogen and oxygen atoms in total. The van der Waals surface area contributed by atoms with Gasteiger partial charge in [-0.1, -0.05) is 48.0 Å². The lowest BCUT2D eigenvalue weighted by Gasteiger charge is -2.24. The van der Waals surface area contributed by atoms with Gasteiger partial charge in [-0.15, -0.1) is 0 Å². The number of ether oxygens (including phenoxy) is 2. The third-order valence-electron chi connectivity index (χ3n) is 4.62. The van der Waals surface area contributed by atoms with Crippen molar-refractivity contribution in [2.75, 3.05) is 6.61 Å². The van der Waals surface area contributed by atoms with Crippen LogP contribution in [-0.4, -0.2) is 29.9 Å². The topological polar surface area (TPSA) is 80.2 Å². The minimum atomic E-state index is -0.808. The molecule has 30 heavy (non-hydrogen) atoms. The summed E-state index contributed by atoms with van der Waals surface area (Å²) in [5.74, 6) is 0.734. The van der Waals surface area contributed by atoms with E-state index in [1.54, 1.807) is 30.3 Å². The minimum Gasteiger partial charge on any atom is -0.507 e. The van der Waals surface area contributed by atoms with Crippen LogP contribution in [0.2, 0.25) is 5.02 Å². The molecule has 1 aliphatic rings. The number of rotatable bonds is 5. The quantitative estimate of drug-likeness (QED) is 0.482. The molecule has 0 aliphatic carbocycles. The molecule has 1 aliphatic heterocycles. The van der Waals surface area contributed by atoms with Crippen LogP contribution in [0.1, 0.15) is 16.7 Å². The molecule has 152 valence electrons. The van der Waals surface area contributed by atoms with E-state index in [9.17, 15) is 9.90 Å². The average molecular weight is 423 g/mol. The molecule has 0 bridgehead atoms. The van der Waals surface area contributed by atoms with E-state index in [0.717, 1.165) is 11.1 Å². The highest BCUT2D eigenvalue weighted by Gasteiger charge is 2.27. The number of carbonyl (C=O) groups excluding carboxylic acids is 1. The SMILES string of the molecule is O=C(N/N=C\c1cc(Cc2ccccc2Cl)ccc1O)C1COc2ccccc2O1. The Labute approximate surface area is 178 Å². The van der Waals surface area contributed by atoms with Gasteiger partial charge in [0.25, 0.3) is 5.91 Å². The Morgan fingerprint density at radius 1 is 1.13 bits per heavy atom. The van der Waals surface area contributed by atoms with Crippen molar-refractivity contribution in [1.29, 1.82) is 0 Å². The van der Waals surface area contributed by atoms with Crippen LogP contribution in [0.5, 0.6) is 17.2 Å². The van der Waals surface area contributed by atoms with Gasteiger partial charge >= 0.3 is 0 Å². The Bertz CT molecular complexity index is 1100. The maximum atomic E-state index is 12.3. The third-order valence-corrected chi connectivity index (χ3v) is 4.99. The van der Waals surface area contributed by atoms with E-state index in [2.05, 4.69) is 10.5 Å². The van der Waals surface area contributed by atoms with Gasteiger partial charge in [0.05, 0.1) is 6.21 Å². The van der Waals surface area contributed by atoms with Crippen molar-refractivity contribution in [3.05, 3.63) is 88.4 Å². The number of benzene rings is 3.